The van der Waals surface area contributed by atoms with Crippen LogP contribution in [0.5, 0.6) is 0 Å². The molecule has 0 atom stereocenters. The van der Waals surface area contributed by atoms with Crippen LogP contribution in [0.1, 0.15) is 17.2 Å². The average Bonchev–Trinajstić information content (AvgIpc) is 2.52. The zero-order valence-corrected chi connectivity index (χ0v) is 13.3. The lowest BCUT2D eigenvalue weighted by Gasteiger charge is -2.18. The van der Waals surface area contributed by atoms with Crippen LogP contribution in [-0.4, -0.2) is 19.6 Å². The Balaban J connectivity index is 2.62. The van der Waals surface area contributed by atoms with Crippen molar-refractivity contribution in [1.82, 2.24) is 0 Å². The first-order chi connectivity index (χ1) is 10.6. The van der Waals surface area contributed by atoms with Crippen LogP contribution in [0, 0.1) is 20.2 Å². The van der Waals surface area contributed by atoms with E-state index in [0.29, 0.717) is 11.1 Å². The molecule has 0 aliphatic carbocycles. The molecule has 7 nitrogen and oxygen atoms in total. The van der Waals surface area contributed by atoms with E-state index in [4.69, 9.17) is 4.43 Å². The van der Waals surface area contributed by atoms with E-state index >= 15 is 0 Å². The van der Waals surface area contributed by atoms with Gasteiger partial charge in [-0.05, 0) is 12.1 Å². The number of para-hydroxylation sites is 2. The summed E-state index contributed by atoms with van der Waals surface area (Å²) in [6, 6.07) is 12.3. The van der Waals surface area contributed by atoms with Gasteiger partial charge in [0.1, 0.15) is 6.10 Å². The van der Waals surface area contributed by atoms with Crippen LogP contribution in [0.3, 0.4) is 0 Å². The Kier molecular flexibility index (Phi) is 4.97. The van der Waals surface area contributed by atoms with Crippen molar-refractivity contribution in [3.8, 4) is 0 Å². The molecule has 2 rings (SSSR count). The Morgan fingerprint density at radius 2 is 1.32 bits per heavy atom. The first-order valence-corrected chi connectivity index (χ1v) is 8.63. The minimum absolute atomic E-state index is 0.104. The third-order valence-corrected chi connectivity index (χ3v) is 3.83. The summed E-state index contributed by atoms with van der Waals surface area (Å²) in [5.41, 5.74) is 0.452. The maximum Gasteiger partial charge on any atom is 0.275 e. The zero-order chi connectivity index (χ0) is 16.1. The molecule has 2 aromatic carbocycles. The van der Waals surface area contributed by atoms with Crippen LogP contribution in [0.25, 0.3) is 0 Å². The smallest absolute Gasteiger partial charge is 0.275 e. The van der Waals surface area contributed by atoms with Gasteiger partial charge in [-0.3, -0.25) is 20.2 Å². The minimum Gasteiger partial charge on any atom is -0.413 e. The molecule has 0 unspecified atom stereocenters. The van der Waals surface area contributed by atoms with Gasteiger partial charge in [-0.25, -0.2) is 0 Å². The van der Waals surface area contributed by atoms with Crippen molar-refractivity contribution < 1.29 is 14.3 Å². The SMILES string of the molecule is C[SiH2]OC(c1ccccc1[N+](=O)[O-])c1ccccc1[N+](=O)[O-]. The van der Waals surface area contributed by atoms with Crippen molar-refractivity contribution in [2.24, 2.45) is 0 Å². The molecule has 8 heteroatoms. The molecule has 0 fully saturated rings. The minimum atomic E-state index is -0.947. The number of hydrogen-bond donors (Lipinski definition) is 0. The van der Waals surface area contributed by atoms with Crippen LogP contribution in [0.4, 0.5) is 11.4 Å². The van der Waals surface area contributed by atoms with Gasteiger partial charge in [0.25, 0.3) is 11.4 Å². The zero-order valence-electron chi connectivity index (χ0n) is 11.8. The van der Waals surface area contributed by atoms with Gasteiger partial charge in [0.2, 0.25) is 0 Å². The summed E-state index contributed by atoms with van der Waals surface area (Å²) in [4.78, 5) is 21.4. The summed E-state index contributed by atoms with van der Waals surface area (Å²) in [6.45, 7) is 1.87. The molecule has 0 amide bonds. The van der Waals surface area contributed by atoms with Crippen LogP contribution in [0.15, 0.2) is 48.5 Å². The molecule has 2 aromatic rings. The van der Waals surface area contributed by atoms with Gasteiger partial charge in [-0.1, -0.05) is 30.8 Å². The second-order valence-corrected chi connectivity index (χ2v) is 5.38. The lowest BCUT2D eigenvalue weighted by atomic mass is 9.98. The van der Waals surface area contributed by atoms with Gasteiger partial charge in [0, 0.05) is 12.1 Å². The van der Waals surface area contributed by atoms with Crippen molar-refractivity contribution in [2.75, 3.05) is 0 Å². The lowest BCUT2D eigenvalue weighted by molar-refractivity contribution is -0.387. The molecule has 114 valence electrons. The van der Waals surface area contributed by atoms with Crippen LogP contribution in [0.2, 0.25) is 6.55 Å². The number of rotatable bonds is 6. The van der Waals surface area contributed by atoms with Gasteiger partial charge >= 0.3 is 0 Å². The van der Waals surface area contributed by atoms with Gasteiger partial charge in [-0.15, -0.1) is 0 Å². The quantitative estimate of drug-likeness (QED) is 0.463. The van der Waals surface area contributed by atoms with E-state index in [9.17, 15) is 20.2 Å². The second-order valence-electron chi connectivity index (χ2n) is 4.47. The van der Waals surface area contributed by atoms with Gasteiger partial charge < -0.3 is 4.43 Å². The maximum absolute atomic E-state index is 11.2. The standard InChI is InChI=1S/C14H14N2O5Si/c1-22-21-14(10-6-2-4-8-12(10)15(17)18)11-7-3-5-9-13(11)16(19)20/h2-9,14H,22H2,1H3. The van der Waals surface area contributed by atoms with E-state index < -0.39 is 25.7 Å². The Morgan fingerprint density at radius 1 is 0.909 bits per heavy atom. The molecular formula is C14H14N2O5Si. The fourth-order valence-corrected chi connectivity index (χ4v) is 2.96. The number of nitro groups is 2. The third kappa shape index (κ3) is 3.18. The molecule has 0 spiro atoms. The molecule has 0 N–H and O–H groups in total. The van der Waals surface area contributed by atoms with Crippen LogP contribution >= 0.6 is 0 Å². The summed E-state index contributed by atoms with van der Waals surface area (Å²) < 4.78 is 5.73. The average molecular weight is 318 g/mol. The summed E-state index contributed by atoms with van der Waals surface area (Å²) in [7, 11) is -0.947. The van der Waals surface area contributed by atoms with Gasteiger partial charge in [-0.2, -0.15) is 0 Å². The Hall–Kier alpha value is -2.58. The number of nitrogens with zero attached hydrogens (tertiary/aromatic N) is 2. The molecule has 0 aliphatic rings. The first-order valence-electron chi connectivity index (χ1n) is 6.64. The normalized spacial score (nSPS) is 11.2. The third-order valence-electron chi connectivity index (χ3n) is 3.17. The molecule has 22 heavy (non-hydrogen) atoms. The van der Waals surface area contributed by atoms with E-state index in [1.54, 1.807) is 36.4 Å². The molecule has 0 bridgehead atoms. The lowest BCUT2D eigenvalue weighted by Crippen LogP contribution is -2.12. The number of benzene rings is 2. The molecule has 0 saturated heterocycles. The van der Waals surface area contributed by atoms with E-state index in [1.165, 1.54) is 12.1 Å². The maximum atomic E-state index is 11.2. The highest BCUT2D eigenvalue weighted by Gasteiger charge is 2.28. The highest BCUT2D eigenvalue weighted by molar-refractivity contribution is 6.25. The Labute approximate surface area is 128 Å². The highest BCUT2D eigenvalue weighted by atomic mass is 28.2. The van der Waals surface area contributed by atoms with E-state index in [2.05, 4.69) is 0 Å². The highest BCUT2D eigenvalue weighted by Crippen LogP contribution is 2.36. The van der Waals surface area contributed by atoms with Crippen molar-refractivity contribution in [3.63, 3.8) is 0 Å². The van der Waals surface area contributed by atoms with Gasteiger partial charge in [0.15, 0.2) is 9.76 Å². The van der Waals surface area contributed by atoms with Gasteiger partial charge in [0.05, 0.1) is 21.0 Å². The van der Waals surface area contributed by atoms with E-state index in [-0.39, 0.29) is 11.4 Å². The van der Waals surface area contributed by atoms with E-state index in [1.807, 2.05) is 6.55 Å². The van der Waals surface area contributed by atoms with Crippen molar-refractivity contribution in [3.05, 3.63) is 79.9 Å². The van der Waals surface area contributed by atoms with Crippen molar-refractivity contribution >= 4 is 21.1 Å². The molecule has 0 aromatic heterocycles. The monoisotopic (exact) mass is 318 g/mol. The largest absolute Gasteiger partial charge is 0.413 e. The van der Waals surface area contributed by atoms with Crippen LogP contribution < -0.4 is 0 Å². The summed E-state index contributed by atoms with van der Waals surface area (Å²) in [6.07, 6.45) is -0.806. The fourth-order valence-electron chi connectivity index (χ4n) is 2.26. The molecule has 0 heterocycles. The van der Waals surface area contributed by atoms with Crippen LogP contribution in [-0.2, 0) is 4.43 Å². The van der Waals surface area contributed by atoms with Crippen molar-refractivity contribution in [1.29, 1.82) is 0 Å². The second kappa shape index (κ2) is 6.92. The number of hydrogen-bond acceptors (Lipinski definition) is 5. The molecule has 0 aliphatic heterocycles. The fraction of sp³-hybridized carbons (Fsp3) is 0.143. The summed E-state index contributed by atoms with van der Waals surface area (Å²) >= 11 is 0. The molecule has 0 saturated carbocycles. The Bertz CT molecular complexity index is 650. The first kappa shape index (κ1) is 15.8. The molecular weight excluding hydrogens is 304 g/mol. The predicted molar refractivity (Wildman–Crippen MR) is 83.5 cm³/mol. The molecule has 0 radical (unpaired) electrons. The summed E-state index contributed by atoms with van der Waals surface area (Å²) in [5.74, 6) is 0. The topological polar surface area (TPSA) is 95.5 Å². The predicted octanol–water partition coefficient (Wildman–Crippen LogP) is 2.74. The number of nitro benzene ring substituents is 2. The summed E-state index contributed by atoms with van der Waals surface area (Å²) in [5, 5.41) is 22.4. The Morgan fingerprint density at radius 3 is 1.68 bits per heavy atom. The van der Waals surface area contributed by atoms with Crippen molar-refractivity contribution in [2.45, 2.75) is 12.7 Å². The van der Waals surface area contributed by atoms with E-state index in [0.717, 1.165) is 0 Å².